The molecule has 0 radical (unpaired) electrons. The van der Waals surface area contributed by atoms with Crippen molar-refractivity contribution in [2.45, 2.75) is 32.9 Å². The van der Waals surface area contributed by atoms with Gasteiger partial charge < -0.3 is 15.4 Å². The van der Waals surface area contributed by atoms with Crippen LogP contribution in [0.15, 0.2) is 28.7 Å². The van der Waals surface area contributed by atoms with E-state index in [1.54, 1.807) is 0 Å². The second-order valence-electron chi connectivity index (χ2n) is 5.23. The molecule has 0 aliphatic carbocycles. The summed E-state index contributed by atoms with van der Waals surface area (Å²) in [6.45, 7) is 7.57. The van der Waals surface area contributed by atoms with E-state index in [-0.39, 0.29) is 6.09 Å². The van der Waals surface area contributed by atoms with Crippen molar-refractivity contribution in [1.29, 1.82) is 0 Å². The maximum absolute atomic E-state index is 11.4. The molecule has 19 heavy (non-hydrogen) atoms. The first kappa shape index (κ1) is 16.0. The second-order valence-corrected chi connectivity index (χ2v) is 6.15. The molecule has 0 aromatic heterocycles. The molecule has 1 aromatic carbocycles. The van der Waals surface area contributed by atoms with E-state index < -0.39 is 5.60 Å². The lowest BCUT2D eigenvalue weighted by Gasteiger charge is -2.19. The molecule has 0 aliphatic heterocycles. The molecule has 1 aromatic rings. The zero-order valence-electron chi connectivity index (χ0n) is 11.6. The third-order valence-corrected chi connectivity index (χ3v) is 2.74. The van der Waals surface area contributed by atoms with Crippen LogP contribution in [0.5, 0.6) is 0 Å². The van der Waals surface area contributed by atoms with Crippen molar-refractivity contribution >= 4 is 22.0 Å². The van der Waals surface area contributed by atoms with E-state index in [1.165, 1.54) is 5.56 Å². The van der Waals surface area contributed by atoms with Gasteiger partial charge in [0, 0.05) is 24.1 Å². The highest BCUT2D eigenvalue weighted by Crippen LogP contribution is 2.10. The summed E-state index contributed by atoms with van der Waals surface area (Å²) in [5, 5.41) is 5.96. The van der Waals surface area contributed by atoms with Crippen LogP contribution in [0.4, 0.5) is 4.79 Å². The summed E-state index contributed by atoms with van der Waals surface area (Å²) < 4.78 is 6.20. The Labute approximate surface area is 123 Å². The number of hydrogen-bond donors (Lipinski definition) is 2. The van der Waals surface area contributed by atoms with Crippen LogP contribution in [0.2, 0.25) is 0 Å². The summed E-state index contributed by atoms with van der Waals surface area (Å²) in [5.41, 5.74) is 0.759. The lowest BCUT2D eigenvalue weighted by atomic mass is 10.2. The SMILES string of the molecule is CC(C)(C)OC(=O)NCCNCc1ccc(Br)cc1. The predicted octanol–water partition coefficient (Wildman–Crippen LogP) is 3.06. The normalized spacial score (nSPS) is 11.2. The largest absolute Gasteiger partial charge is 0.444 e. The van der Waals surface area contributed by atoms with Crippen LogP contribution < -0.4 is 10.6 Å². The summed E-state index contributed by atoms with van der Waals surface area (Å²) in [6, 6.07) is 8.13. The topological polar surface area (TPSA) is 50.4 Å². The van der Waals surface area contributed by atoms with Crippen LogP contribution in [-0.2, 0) is 11.3 Å². The van der Waals surface area contributed by atoms with Crippen molar-refractivity contribution in [3.05, 3.63) is 34.3 Å². The Morgan fingerprint density at radius 3 is 2.42 bits per heavy atom. The van der Waals surface area contributed by atoms with Gasteiger partial charge in [0.2, 0.25) is 0 Å². The molecule has 106 valence electrons. The van der Waals surface area contributed by atoms with Crippen LogP contribution in [0.1, 0.15) is 26.3 Å². The fraction of sp³-hybridized carbons (Fsp3) is 0.500. The Morgan fingerprint density at radius 2 is 1.84 bits per heavy atom. The molecule has 0 saturated carbocycles. The fourth-order valence-electron chi connectivity index (χ4n) is 1.40. The van der Waals surface area contributed by atoms with Crippen LogP contribution in [-0.4, -0.2) is 24.8 Å². The van der Waals surface area contributed by atoms with Gasteiger partial charge in [-0.15, -0.1) is 0 Å². The summed E-state index contributed by atoms with van der Waals surface area (Å²) >= 11 is 3.40. The molecule has 0 bridgehead atoms. The van der Waals surface area contributed by atoms with E-state index in [9.17, 15) is 4.79 Å². The summed E-state index contributed by atoms with van der Waals surface area (Å²) in [7, 11) is 0. The van der Waals surface area contributed by atoms with Gasteiger partial charge in [-0.25, -0.2) is 4.79 Å². The quantitative estimate of drug-likeness (QED) is 0.817. The maximum atomic E-state index is 11.4. The molecule has 0 spiro atoms. The highest BCUT2D eigenvalue weighted by molar-refractivity contribution is 9.10. The van der Waals surface area contributed by atoms with Crippen molar-refractivity contribution in [2.75, 3.05) is 13.1 Å². The van der Waals surface area contributed by atoms with Gasteiger partial charge in [0.05, 0.1) is 0 Å². The number of nitrogens with one attached hydrogen (secondary N) is 2. The molecule has 0 saturated heterocycles. The molecule has 4 nitrogen and oxygen atoms in total. The Balaban J connectivity index is 2.11. The summed E-state index contributed by atoms with van der Waals surface area (Å²) in [4.78, 5) is 11.4. The monoisotopic (exact) mass is 328 g/mol. The van der Waals surface area contributed by atoms with E-state index in [0.29, 0.717) is 13.1 Å². The van der Waals surface area contributed by atoms with Crippen LogP contribution in [0.25, 0.3) is 0 Å². The number of carbonyl (C=O) groups excluding carboxylic acids is 1. The minimum absolute atomic E-state index is 0.377. The number of amides is 1. The molecule has 0 unspecified atom stereocenters. The first-order valence-corrected chi connectivity index (χ1v) is 7.08. The van der Waals surface area contributed by atoms with Crippen LogP contribution in [0, 0.1) is 0 Å². The number of rotatable bonds is 5. The minimum Gasteiger partial charge on any atom is -0.444 e. The molecule has 0 heterocycles. The fourth-order valence-corrected chi connectivity index (χ4v) is 1.67. The van der Waals surface area contributed by atoms with Gasteiger partial charge in [-0.1, -0.05) is 28.1 Å². The van der Waals surface area contributed by atoms with E-state index in [4.69, 9.17) is 4.74 Å². The Bertz CT molecular complexity index is 399. The van der Waals surface area contributed by atoms with E-state index >= 15 is 0 Å². The smallest absolute Gasteiger partial charge is 0.407 e. The van der Waals surface area contributed by atoms with Crippen molar-refractivity contribution in [2.24, 2.45) is 0 Å². The van der Waals surface area contributed by atoms with Crippen molar-refractivity contribution < 1.29 is 9.53 Å². The molecule has 5 heteroatoms. The van der Waals surface area contributed by atoms with Gasteiger partial charge in [-0.3, -0.25) is 0 Å². The van der Waals surface area contributed by atoms with Gasteiger partial charge in [0.15, 0.2) is 0 Å². The number of carbonyl (C=O) groups is 1. The molecule has 2 N–H and O–H groups in total. The molecule has 0 aliphatic rings. The molecular formula is C14H21BrN2O2. The highest BCUT2D eigenvalue weighted by Gasteiger charge is 2.15. The van der Waals surface area contributed by atoms with Crippen LogP contribution >= 0.6 is 15.9 Å². The van der Waals surface area contributed by atoms with Crippen LogP contribution in [0.3, 0.4) is 0 Å². The van der Waals surface area contributed by atoms with Gasteiger partial charge in [-0.2, -0.15) is 0 Å². The van der Waals surface area contributed by atoms with Gasteiger partial charge in [0.25, 0.3) is 0 Å². The van der Waals surface area contributed by atoms with E-state index in [0.717, 1.165) is 11.0 Å². The van der Waals surface area contributed by atoms with E-state index in [1.807, 2.05) is 32.9 Å². The number of hydrogen-bond acceptors (Lipinski definition) is 3. The van der Waals surface area contributed by atoms with Gasteiger partial charge >= 0.3 is 6.09 Å². The second kappa shape index (κ2) is 7.50. The maximum Gasteiger partial charge on any atom is 0.407 e. The van der Waals surface area contributed by atoms with Crippen molar-refractivity contribution in [3.63, 3.8) is 0 Å². The average molecular weight is 329 g/mol. The first-order chi connectivity index (χ1) is 8.87. The van der Waals surface area contributed by atoms with E-state index in [2.05, 4.69) is 38.7 Å². The van der Waals surface area contributed by atoms with Crippen molar-refractivity contribution in [3.8, 4) is 0 Å². The lowest BCUT2D eigenvalue weighted by Crippen LogP contribution is -2.36. The standard InChI is InChI=1S/C14H21BrN2O2/c1-14(2,3)19-13(18)17-9-8-16-10-11-4-6-12(15)7-5-11/h4-7,16H,8-10H2,1-3H3,(H,17,18). The Kier molecular flexibility index (Phi) is 6.31. The molecule has 0 fully saturated rings. The average Bonchev–Trinajstić information content (AvgIpc) is 2.29. The minimum atomic E-state index is -0.449. The number of benzene rings is 1. The van der Waals surface area contributed by atoms with Gasteiger partial charge in [0.1, 0.15) is 5.60 Å². The third kappa shape index (κ3) is 7.85. The molecule has 0 atom stereocenters. The lowest BCUT2D eigenvalue weighted by molar-refractivity contribution is 0.0528. The first-order valence-electron chi connectivity index (χ1n) is 6.29. The zero-order valence-corrected chi connectivity index (χ0v) is 13.2. The van der Waals surface area contributed by atoms with Gasteiger partial charge in [-0.05, 0) is 38.5 Å². The molecule has 1 amide bonds. The highest BCUT2D eigenvalue weighted by atomic mass is 79.9. The third-order valence-electron chi connectivity index (χ3n) is 2.21. The molecule has 1 rings (SSSR count). The summed E-state index contributed by atoms with van der Waals surface area (Å²) in [6.07, 6.45) is -0.377. The van der Waals surface area contributed by atoms with Crippen molar-refractivity contribution in [1.82, 2.24) is 10.6 Å². The number of halogens is 1. The summed E-state index contributed by atoms with van der Waals surface area (Å²) in [5.74, 6) is 0. The zero-order chi connectivity index (χ0) is 14.3. The number of alkyl carbamates (subject to hydrolysis) is 1. The number of ether oxygens (including phenoxy) is 1. The Hall–Kier alpha value is -1.07. The Morgan fingerprint density at radius 1 is 1.21 bits per heavy atom. The predicted molar refractivity (Wildman–Crippen MR) is 80.1 cm³/mol. The molecular weight excluding hydrogens is 308 g/mol.